The van der Waals surface area contributed by atoms with Crippen LogP contribution in [-0.2, 0) is 11.8 Å². The third kappa shape index (κ3) is 2.71. The molecule has 3 aromatic heterocycles. The molecule has 1 aliphatic heterocycles. The summed E-state index contributed by atoms with van der Waals surface area (Å²) in [6.45, 7) is 2.06. The van der Waals surface area contributed by atoms with Gasteiger partial charge in [0.1, 0.15) is 0 Å². The first-order valence-electron chi connectivity index (χ1n) is 8.07. The molecule has 124 valence electrons. The van der Waals surface area contributed by atoms with Crippen molar-refractivity contribution in [2.45, 2.75) is 37.9 Å². The van der Waals surface area contributed by atoms with Gasteiger partial charge in [-0.3, -0.25) is 18.9 Å². The van der Waals surface area contributed by atoms with Crippen molar-refractivity contribution in [1.82, 2.24) is 24.1 Å². The largest absolute Gasteiger partial charge is 0.370 e. The van der Waals surface area contributed by atoms with E-state index in [1.807, 2.05) is 19.4 Å². The van der Waals surface area contributed by atoms with Crippen LogP contribution in [0.1, 0.15) is 43.0 Å². The van der Waals surface area contributed by atoms with Crippen molar-refractivity contribution in [3.8, 4) is 0 Å². The van der Waals surface area contributed by atoms with Crippen LogP contribution in [-0.4, -0.2) is 30.3 Å². The molecule has 0 amide bonds. The molecule has 0 N–H and O–H groups in total. The molecule has 7 heteroatoms. The summed E-state index contributed by atoms with van der Waals surface area (Å²) in [5, 5.41) is 4.23. The highest BCUT2D eigenvalue weighted by Gasteiger charge is 2.31. The second kappa shape index (κ2) is 5.83. The fraction of sp³-hybridized carbons (Fsp3) is 0.412. The molecule has 1 fully saturated rings. The molecule has 4 heterocycles. The number of hydrogen-bond donors (Lipinski definition) is 0. The molecule has 0 saturated carbocycles. The van der Waals surface area contributed by atoms with Gasteiger partial charge in [-0.15, -0.1) is 0 Å². The van der Waals surface area contributed by atoms with Gasteiger partial charge in [-0.2, -0.15) is 5.10 Å². The average Bonchev–Trinajstić information content (AvgIpc) is 3.01. The van der Waals surface area contributed by atoms with Gasteiger partial charge >= 0.3 is 0 Å². The number of rotatable bonds is 2. The Morgan fingerprint density at radius 2 is 2.17 bits per heavy atom. The monoisotopic (exact) mass is 325 g/mol. The lowest BCUT2D eigenvalue weighted by Crippen LogP contribution is -2.27. The number of hydrogen-bond acceptors (Lipinski definition) is 5. The number of aryl methyl sites for hydroxylation is 1. The van der Waals surface area contributed by atoms with E-state index in [-0.39, 0.29) is 23.7 Å². The van der Waals surface area contributed by atoms with Gasteiger partial charge in [0.2, 0.25) is 0 Å². The van der Waals surface area contributed by atoms with Crippen molar-refractivity contribution in [2.24, 2.45) is 7.05 Å². The Kier molecular flexibility index (Phi) is 3.65. The van der Waals surface area contributed by atoms with E-state index >= 15 is 0 Å². The minimum Gasteiger partial charge on any atom is -0.370 e. The standard InChI is InChI=1S/C17H19N5O2/c1-11-5-12(6-15(24-11)13-8-19-21(2)10-13)14-7-17(23)22-4-3-18-9-16(22)20-14/h3-4,7-12,15H,5-6H2,1-2H3/t11-,12+,15-/m1/s1. The fourth-order valence-corrected chi connectivity index (χ4v) is 3.40. The van der Waals surface area contributed by atoms with Crippen LogP contribution in [0.15, 0.2) is 41.8 Å². The Bertz CT molecular complexity index is 932. The summed E-state index contributed by atoms with van der Waals surface area (Å²) in [6, 6.07) is 1.63. The van der Waals surface area contributed by atoms with Gasteiger partial charge in [0.25, 0.3) is 5.56 Å². The average molecular weight is 325 g/mol. The van der Waals surface area contributed by atoms with Crippen LogP contribution in [0.5, 0.6) is 0 Å². The normalized spacial score (nSPS) is 24.3. The maximum Gasteiger partial charge on any atom is 0.258 e. The molecule has 4 rings (SSSR count). The van der Waals surface area contributed by atoms with Crippen LogP contribution < -0.4 is 5.56 Å². The summed E-state index contributed by atoms with van der Waals surface area (Å²) in [6.07, 6.45) is 10.4. The molecule has 0 unspecified atom stereocenters. The first-order chi connectivity index (χ1) is 11.6. The SMILES string of the molecule is C[C@@H]1C[C@H](c2cc(=O)n3ccncc3n2)C[C@H](c2cnn(C)c2)O1. The van der Waals surface area contributed by atoms with Crippen LogP contribution in [0.4, 0.5) is 0 Å². The highest BCUT2D eigenvalue weighted by Crippen LogP contribution is 2.39. The van der Waals surface area contributed by atoms with Gasteiger partial charge in [-0.05, 0) is 19.8 Å². The first kappa shape index (κ1) is 15.0. The second-order valence-electron chi connectivity index (χ2n) is 6.37. The lowest BCUT2D eigenvalue weighted by atomic mass is 9.87. The zero-order valence-electron chi connectivity index (χ0n) is 13.7. The van der Waals surface area contributed by atoms with Crippen LogP contribution >= 0.6 is 0 Å². The van der Waals surface area contributed by atoms with Gasteiger partial charge in [-0.1, -0.05) is 0 Å². The Hall–Kier alpha value is -2.54. The molecular formula is C17H19N5O2. The number of nitrogens with zero attached hydrogens (tertiary/aromatic N) is 5. The molecular weight excluding hydrogens is 306 g/mol. The third-order valence-corrected chi connectivity index (χ3v) is 4.52. The van der Waals surface area contributed by atoms with Crippen LogP contribution in [0.2, 0.25) is 0 Å². The zero-order chi connectivity index (χ0) is 16.7. The topological polar surface area (TPSA) is 74.3 Å². The van der Waals surface area contributed by atoms with Gasteiger partial charge in [0, 0.05) is 43.2 Å². The van der Waals surface area contributed by atoms with Crippen molar-refractivity contribution in [3.05, 3.63) is 58.7 Å². The Labute approximate surface area is 138 Å². The smallest absolute Gasteiger partial charge is 0.258 e. The predicted molar refractivity (Wildman–Crippen MR) is 87.7 cm³/mol. The summed E-state index contributed by atoms with van der Waals surface area (Å²) in [5.41, 5.74) is 2.39. The van der Waals surface area contributed by atoms with Crippen molar-refractivity contribution in [2.75, 3.05) is 0 Å². The Balaban J connectivity index is 1.69. The molecule has 1 aliphatic rings. The molecule has 0 bridgehead atoms. The molecule has 0 aromatic carbocycles. The van der Waals surface area contributed by atoms with E-state index in [9.17, 15) is 4.79 Å². The highest BCUT2D eigenvalue weighted by atomic mass is 16.5. The Morgan fingerprint density at radius 1 is 1.29 bits per heavy atom. The summed E-state index contributed by atoms with van der Waals surface area (Å²) >= 11 is 0. The summed E-state index contributed by atoms with van der Waals surface area (Å²) in [4.78, 5) is 21.0. The van der Waals surface area contributed by atoms with E-state index in [1.54, 1.807) is 29.3 Å². The minimum absolute atomic E-state index is 0.0263. The minimum atomic E-state index is -0.0746. The lowest BCUT2D eigenvalue weighted by molar-refractivity contribution is -0.0506. The summed E-state index contributed by atoms with van der Waals surface area (Å²) < 4.78 is 9.37. The number of ether oxygens (including phenoxy) is 1. The summed E-state index contributed by atoms with van der Waals surface area (Å²) in [5.74, 6) is 0.178. The van der Waals surface area contributed by atoms with E-state index < -0.39 is 0 Å². The molecule has 0 radical (unpaired) electrons. The first-order valence-corrected chi connectivity index (χ1v) is 8.07. The number of aromatic nitrogens is 5. The van der Waals surface area contributed by atoms with Crippen molar-refractivity contribution < 1.29 is 4.74 Å². The number of fused-ring (bicyclic) bond motifs is 1. The van der Waals surface area contributed by atoms with E-state index in [4.69, 9.17) is 4.74 Å². The summed E-state index contributed by atoms with van der Waals surface area (Å²) in [7, 11) is 1.89. The maximum atomic E-state index is 12.3. The molecule has 3 aromatic rings. The molecule has 1 saturated heterocycles. The predicted octanol–water partition coefficient (Wildman–Crippen LogP) is 1.85. The second-order valence-corrected chi connectivity index (χ2v) is 6.37. The van der Waals surface area contributed by atoms with Crippen molar-refractivity contribution in [1.29, 1.82) is 0 Å². The highest BCUT2D eigenvalue weighted by molar-refractivity contribution is 5.36. The molecule has 24 heavy (non-hydrogen) atoms. The van der Waals surface area contributed by atoms with Gasteiger partial charge in [-0.25, -0.2) is 4.98 Å². The zero-order valence-corrected chi connectivity index (χ0v) is 13.7. The quantitative estimate of drug-likeness (QED) is 0.719. The van der Waals surface area contributed by atoms with Crippen molar-refractivity contribution >= 4 is 5.65 Å². The lowest BCUT2D eigenvalue weighted by Gasteiger charge is -2.33. The van der Waals surface area contributed by atoms with E-state index in [1.165, 1.54) is 4.40 Å². The van der Waals surface area contributed by atoms with Gasteiger partial charge in [0.05, 0.1) is 30.3 Å². The molecule has 3 atom stereocenters. The van der Waals surface area contributed by atoms with Crippen LogP contribution in [0, 0.1) is 0 Å². The van der Waals surface area contributed by atoms with Crippen molar-refractivity contribution in [3.63, 3.8) is 0 Å². The molecule has 7 nitrogen and oxygen atoms in total. The van der Waals surface area contributed by atoms with E-state index in [0.717, 1.165) is 24.1 Å². The van der Waals surface area contributed by atoms with E-state index in [0.29, 0.717) is 5.65 Å². The van der Waals surface area contributed by atoms with Crippen LogP contribution in [0.3, 0.4) is 0 Å². The van der Waals surface area contributed by atoms with E-state index in [2.05, 4.69) is 22.0 Å². The van der Waals surface area contributed by atoms with Gasteiger partial charge in [0.15, 0.2) is 5.65 Å². The molecule has 0 aliphatic carbocycles. The van der Waals surface area contributed by atoms with Crippen LogP contribution in [0.25, 0.3) is 5.65 Å². The maximum absolute atomic E-state index is 12.3. The fourth-order valence-electron chi connectivity index (χ4n) is 3.40. The van der Waals surface area contributed by atoms with Gasteiger partial charge < -0.3 is 4.74 Å². The third-order valence-electron chi connectivity index (χ3n) is 4.52. The Morgan fingerprint density at radius 3 is 2.96 bits per heavy atom. The molecule has 0 spiro atoms.